The van der Waals surface area contributed by atoms with Gasteiger partial charge in [-0.05, 0) is 31.7 Å². The van der Waals surface area contributed by atoms with Crippen LogP contribution in [0.15, 0.2) is 0 Å². The van der Waals surface area contributed by atoms with Crippen molar-refractivity contribution in [2.45, 2.75) is 40.2 Å². The lowest BCUT2D eigenvalue weighted by Gasteiger charge is -2.15. The summed E-state index contributed by atoms with van der Waals surface area (Å²) in [7, 11) is 1.90. The molecule has 1 aromatic heterocycles. The highest BCUT2D eigenvalue weighted by Gasteiger charge is 2.17. The van der Waals surface area contributed by atoms with E-state index in [1.807, 2.05) is 39.4 Å². The molecular formula is C15H27N5O2. The first-order valence-corrected chi connectivity index (χ1v) is 7.53. The van der Waals surface area contributed by atoms with Crippen LogP contribution in [0, 0.1) is 19.8 Å². The van der Waals surface area contributed by atoms with E-state index in [-0.39, 0.29) is 24.3 Å². The standard InChI is InChI=1S/C15H27N5O2/c1-9(2)14(16)15(22)18-8-13(21)17-7-6-12-10(3)19-20(5)11(12)4/h9,14H,6-8,16H2,1-5H3,(H,17,21)(H,18,22)/t14-/m0/s1. The van der Waals surface area contributed by atoms with E-state index >= 15 is 0 Å². The number of hydrogen-bond acceptors (Lipinski definition) is 4. The van der Waals surface area contributed by atoms with Gasteiger partial charge in [-0.25, -0.2) is 0 Å². The fourth-order valence-electron chi connectivity index (χ4n) is 2.16. The van der Waals surface area contributed by atoms with Crippen molar-refractivity contribution in [1.82, 2.24) is 20.4 Å². The summed E-state index contributed by atoms with van der Waals surface area (Å²) >= 11 is 0. The van der Waals surface area contributed by atoms with Crippen molar-refractivity contribution in [3.05, 3.63) is 17.0 Å². The molecule has 0 aliphatic carbocycles. The Kier molecular flexibility index (Phi) is 6.55. The molecule has 0 aliphatic rings. The Morgan fingerprint density at radius 2 is 1.91 bits per heavy atom. The van der Waals surface area contributed by atoms with E-state index in [0.29, 0.717) is 6.54 Å². The molecule has 0 unspecified atom stereocenters. The largest absolute Gasteiger partial charge is 0.354 e. The smallest absolute Gasteiger partial charge is 0.239 e. The van der Waals surface area contributed by atoms with Crippen LogP contribution < -0.4 is 16.4 Å². The second-order valence-corrected chi connectivity index (χ2v) is 5.86. The topological polar surface area (TPSA) is 102 Å². The molecule has 1 aromatic rings. The van der Waals surface area contributed by atoms with Crippen LogP contribution in [0.3, 0.4) is 0 Å². The first kappa shape index (κ1) is 18.2. The molecule has 1 atom stereocenters. The van der Waals surface area contributed by atoms with Gasteiger partial charge < -0.3 is 16.4 Å². The van der Waals surface area contributed by atoms with Gasteiger partial charge >= 0.3 is 0 Å². The highest BCUT2D eigenvalue weighted by molar-refractivity contribution is 5.87. The summed E-state index contributed by atoms with van der Waals surface area (Å²) in [6, 6.07) is -0.589. The molecule has 7 heteroatoms. The Hall–Kier alpha value is -1.89. The zero-order valence-corrected chi connectivity index (χ0v) is 14.1. The van der Waals surface area contributed by atoms with Gasteiger partial charge in [-0.3, -0.25) is 14.3 Å². The molecule has 0 saturated heterocycles. The first-order valence-electron chi connectivity index (χ1n) is 7.53. The molecule has 7 nitrogen and oxygen atoms in total. The van der Waals surface area contributed by atoms with Crippen molar-refractivity contribution in [3.63, 3.8) is 0 Å². The summed E-state index contributed by atoms with van der Waals surface area (Å²) in [5.74, 6) is -0.479. The zero-order valence-electron chi connectivity index (χ0n) is 14.1. The predicted molar refractivity (Wildman–Crippen MR) is 85.2 cm³/mol. The third-order valence-corrected chi connectivity index (χ3v) is 3.80. The van der Waals surface area contributed by atoms with Crippen molar-refractivity contribution in [3.8, 4) is 0 Å². The van der Waals surface area contributed by atoms with Crippen LogP contribution in [0.25, 0.3) is 0 Å². The lowest BCUT2D eigenvalue weighted by molar-refractivity contribution is -0.127. The number of nitrogens with two attached hydrogens (primary N) is 1. The summed E-state index contributed by atoms with van der Waals surface area (Å²) < 4.78 is 1.83. The van der Waals surface area contributed by atoms with Gasteiger partial charge in [-0.1, -0.05) is 13.8 Å². The van der Waals surface area contributed by atoms with Crippen molar-refractivity contribution in [2.24, 2.45) is 18.7 Å². The van der Waals surface area contributed by atoms with E-state index in [1.165, 1.54) is 0 Å². The molecule has 0 saturated carbocycles. The quantitative estimate of drug-likeness (QED) is 0.649. The van der Waals surface area contributed by atoms with Gasteiger partial charge in [0.1, 0.15) is 0 Å². The third-order valence-electron chi connectivity index (χ3n) is 3.80. The van der Waals surface area contributed by atoms with E-state index < -0.39 is 6.04 Å². The molecule has 124 valence electrons. The minimum absolute atomic E-state index is 0.0413. The molecule has 0 fully saturated rings. The molecule has 0 bridgehead atoms. The normalized spacial score (nSPS) is 12.3. The highest BCUT2D eigenvalue weighted by Crippen LogP contribution is 2.11. The molecule has 1 rings (SSSR count). The van der Waals surface area contributed by atoms with Gasteiger partial charge in [0.15, 0.2) is 0 Å². The predicted octanol–water partition coefficient (Wildman–Crippen LogP) is -0.205. The minimum Gasteiger partial charge on any atom is -0.354 e. The van der Waals surface area contributed by atoms with Crippen molar-refractivity contribution < 1.29 is 9.59 Å². The van der Waals surface area contributed by atoms with Gasteiger partial charge in [-0.2, -0.15) is 5.10 Å². The van der Waals surface area contributed by atoms with Crippen LogP contribution in [-0.4, -0.2) is 40.7 Å². The SMILES string of the molecule is Cc1nn(C)c(C)c1CCNC(=O)CNC(=O)[C@@H](N)C(C)C. The lowest BCUT2D eigenvalue weighted by atomic mass is 10.1. The number of aromatic nitrogens is 2. The Labute approximate surface area is 131 Å². The summed E-state index contributed by atoms with van der Waals surface area (Å²) in [4.78, 5) is 23.4. The number of carbonyl (C=O) groups is 2. The maximum absolute atomic E-state index is 11.7. The summed E-state index contributed by atoms with van der Waals surface area (Å²) in [5.41, 5.74) is 8.93. The third kappa shape index (κ3) is 4.84. The van der Waals surface area contributed by atoms with E-state index in [2.05, 4.69) is 15.7 Å². The van der Waals surface area contributed by atoms with Crippen LogP contribution in [-0.2, 0) is 23.1 Å². The average Bonchev–Trinajstić information content (AvgIpc) is 2.69. The van der Waals surface area contributed by atoms with Crippen molar-refractivity contribution >= 4 is 11.8 Å². The van der Waals surface area contributed by atoms with E-state index in [1.54, 1.807) is 0 Å². The molecule has 0 radical (unpaired) electrons. The highest BCUT2D eigenvalue weighted by atomic mass is 16.2. The number of amides is 2. The fraction of sp³-hybridized carbons (Fsp3) is 0.667. The second kappa shape index (κ2) is 7.93. The number of hydrogen-bond donors (Lipinski definition) is 3. The van der Waals surface area contributed by atoms with Crippen LogP contribution in [0.2, 0.25) is 0 Å². The van der Waals surface area contributed by atoms with Crippen LogP contribution >= 0.6 is 0 Å². The molecule has 1 heterocycles. The van der Waals surface area contributed by atoms with Crippen molar-refractivity contribution in [2.75, 3.05) is 13.1 Å². The molecule has 2 amide bonds. The number of rotatable bonds is 7. The summed E-state index contributed by atoms with van der Waals surface area (Å²) in [5, 5.41) is 9.67. The number of nitrogens with one attached hydrogen (secondary N) is 2. The molecule has 0 aromatic carbocycles. The van der Waals surface area contributed by atoms with E-state index in [9.17, 15) is 9.59 Å². The van der Waals surface area contributed by atoms with E-state index in [0.717, 1.165) is 23.4 Å². The second-order valence-electron chi connectivity index (χ2n) is 5.86. The zero-order chi connectivity index (χ0) is 16.9. The Balaban J connectivity index is 2.34. The Morgan fingerprint density at radius 1 is 1.27 bits per heavy atom. The van der Waals surface area contributed by atoms with Gasteiger partial charge in [-0.15, -0.1) is 0 Å². The average molecular weight is 309 g/mol. The van der Waals surface area contributed by atoms with Crippen LogP contribution in [0.4, 0.5) is 0 Å². The van der Waals surface area contributed by atoms with Gasteiger partial charge in [0.25, 0.3) is 0 Å². The Morgan fingerprint density at radius 3 is 2.41 bits per heavy atom. The van der Waals surface area contributed by atoms with Crippen LogP contribution in [0.1, 0.15) is 30.8 Å². The minimum atomic E-state index is -0.589. The van der Waals surface area contributed by atoms with Gasteiger partial charge in [0, 0.05) is 19.3 Å². The number of aryl methyl sites for hydroxylation is 2. The summed E-state index contributed by atoms with van der Waals surface area (Å²) in [6.07, 6.45) is 0.719. The molecule has 0 aliphatic heterocycles. The maximum atomic E-state index is 11.7. The van der Waals surface area contributed by atoms with Gasteiger partial charge in [0.05, 0.1) is 18.3 Å². The van der Waals surface area contributed by atoms with Crippen molar-refractivity contribution in [1.29, 1.82) is 0 Å². The Bertz CT molecular complexity index is 536. The fourth-order valence-corrected chi connectivity index (χ4v) is 2.16. The molecule has 22 heavy (non-hydrogen) atoms. The maximum Gasteiger partial charge on any atom is 0.239 e. The van der Waals surface area contributed by atoms with E-state index in [4.69, 9.17) is 5.73 Å². The monoisotopic (exact) mass is 309 g/mol. The van der Waals surface area contributed by atoms with Gasteiger partial charge in [0.2, 0.25) is 11.8 Å². The summed E-state index contributed by atoms with van der Waals surface area (Å²) in [6.45, 7) is 8.15. The molecular weight excluding hydrogens is 282 g/mol. The molecule has 0 spiro atoms. The number of carbonyl (C=O) groups excluding carboxylic acids is 2. The number of nitrogens with zero attached hydrogens (tertiary/aromatic N) is 2. The lowest BCUT2D eigenvalue weighted by Crippen LogP contribution is -2.47. The first-order chi connectivity index (χ1) is 10.2. The molecule has 4 N–H and O–H groups in total. The van der Waals surface area contributed by atoms with Crippen LogP contribution in [0.5, 0.6) is 0 Å².